The molecule has 2 atom stereocenters. The monoisotopic (exact) mass is 488 g/mol. The lowest BCUT2D eigenvalue weighted by atomic mass is 10.0. The lowest BCUT2D eigenvalue weighted by Crippen LogP contribution is -2.29. The van der Waals surface area contributed by atoms with E-state index in [2.05, 4.69) is 10.3 Å². The maximum Gasteiger partial charge on any atom is 0.273 e. The maximum atomic E-state index is 11.2. The van der Waals surface area contributed by atoms with Crippen LogP contribution in [-0.2, 0) is 0 Å². The summed E-state index contributed by atoms with van der Waals surface area (Å²) < 4.78 is 11.7. The Bertz CT molecular complexity index is 1410. The van der Waals surface area contributed by atoms with Crippen LogP contribution in [0.3, 0.4) is 0 Å². The van der Waals surface area contributed by atoms with Crippen LogP contribution < -0.4 is 15.0 Å². The topological polar surface area (TPSA) is 114 Å². The third kappa shape index (κ3) is 4.04. The fourth-order valence-electron chi connectivity index (χ4n) is 4.22. The Morgan fingerprint density at radius 2 is 1.94 bits per heavy atom. The van der Waals surface area contributed by atoms with Gasteiger partial charge in [0, 0.05) is 12.3 Å². The predicted molar refractivity (Wildman–Crippen MR) is 133 cm³/mol. The Hall–Kier alpha value is -4.44. The van der Waals surface area contributed by atoms with Crippen LogP contribution in [0, 0.1) is 10.1 Å². The molecular weight excluding hydrogens is 468 g/mol. The number of phenols is 1. The number of nitrogens with one attached hydrogen (secondary N) is 1. The molecule has 35 heavy (non-hydrogen) atoms. The van der Waals surface area contributed by atoms with E-state index in [1.54, 1.807) is 41.4 Å². The number of hydrogen-bond donors (Lipinski definition) is 2. The molecule has 5 rings (SSSR count). The predicted octanol–water partition coefficient (Wildman–Crippen LogP) is 5.14. The zero-order valence-corrected chi connectivity index (χ0v) is 19.3. The first-order valence-electron chi connectivity index (χ1n) is 10.7. The number of pyridine rings is 1. The van der Waals surface area contributed by atoms with Crippen LogP contribution in [0.2, 0.25) is 0 Å². The average Bonchev–Trinajstić information content (AvgIpc) is 3.49. The summed E-state index contributed by atoms with van der Waals surface area (Å²) >= 11 is 5.67. The first-order valence-corrected chi connectivity index (χ1v) is 11.1. The molecular formula is C25H20N4O5S. The molecule has 2 aromatic carbocycles. The molecule has 0 saturated carbocycles. The van der Waals surface area contributed by atoms with E-state index >= 15 is 0 Å². The van der Waals surface area contributed by atoms with Gasteiger partial charge in [-0.2, -0.15) is 0 Å². The number of phenolic OH excluding ortho intramolecular Hbond substituents is 1. The van der Waals surface area contributed by atoms with E-state index in [0.29, 0.717) is 33.6 Å². The van der Waals surface area contributed by atoms with Crippen LogP contribution >= 0.6 is 12.2 Å². The van der Waals surface area contributed by atoms with E-state index in [1.807, 2.05) is 30.3 Å². The second kappa shape index (κ2) is 9.07. The lowest BCUT2D eigenvalue weighted by Gasteiger charge is -2.26. The van der Waals surface area contributed by atoms with Crippen molar-refractivity contribution in [1.29, 1.82) is 0 Å². The van der Waals surface area contributed by atoms with Gasteiger partial charge in [-0.25, -0.2) is 0 Å². The quantitative estimate of drug-likeness (QED) is 0.216. The highest BCUT2D eigenvalue weighted by atomic mass is 32.1. The molecule has 0 bridgehead atoms. The molecule has 2 aromatic heterocycles. The van der Waals surface area contributed by atoms with E-state index in [9.17, 15) is 15.2 Å². The van der Waals surface area contributed by atoms with Crippen LogP contribution in [0.1, 0.15) is 23.5 Å². The molecule has 0 spiro atoms. The largest absolute Gasteiger partial charge is 0.506 e. The van der Waals surface area contributed by atoms with Gasteiger partial charge in [0.25, 0.3) is 5.69 Å². The Morgan fingerprint density at radius 3 is 2.66 bits per heavy atom. The number of thiocarbonyl (C=S) groups is 1. The summed E-state index contributed by atoms with van der Waals surface area (Å²) in [6, 6.07) is 19.7. The number of anilines is 1. The van der Waals surface area contributed by atoms with Crippen molar-refractivity contribution < 1.29 is 19.2 Å². The van der Waals surface area contributed by atoms with Crippen molar-refractivity contribution in [2.24, 2.45) is 0 Å². The van der Waals surface area contributed by atoms with Gasteiger partial charge in [0.15, 0.2) is 5.11 Å². The van der Waals surface area contributed by atoms with Crippen LogP contribution in [0.25, 0.3) is 11.3 Å². The van der Waals surface area contributed by atoms with Crippen LogP contribution in [0.5, 0.6) is 11.5 Å². The number of para-hydroxylation sites is 2. The average molecular weight is 489 g/mol. The Balaban J connectivity index is 1.61. The van der Waals surface area contributed by atoms with Crippen molar-refractivity contribution in [2.75, 3.05) is 12.0 Å². The van der Waals surface area contributed by atoms with Gasteiger partial charge < -0.3 is 24.5 Å². The van der Waals surface area contributed by atoms with Crippen molar-refractivity contribution >= 4 is 28.7 Å². The normalized spacial score (nSPS) is 17.3. The van der Waals surface area contributed by atoms with E-state index < -0.39 is 11.0 Å². The minimum atomic E-state index is -0.479. The van der Waals surface area contributed by atoms with Gasteiger partial charge >= 0.3 is 0 Å². The summed E-state index contributed by atoms with van der Waals surface area (Å²) in [4.78, 5) is 17.0. The maximum absolute atomic E-state index is 11.2. The fourth-order valence-corrected chi connectivity index (χ4v) is 4.56. The number of ether oxygens (including phenoxy) is 1. The summed E-state index contributed by atoms with van der Waals surface area (Å²) in [6.07, 6.45) is 1.70. The lowest BCUT2D eigenvalue weighted by molar-refractivity contribution is -0.384. The van der Waals surface area contributed by atoms with Gasteiger partial charge in [-0.05, 0) is 54.7 Å². The number of benzene rings is 2. The Morgan fingerprint density at radius 1 is 1.14 bits per heavy atom. The van der Waals surface area contributed by atoms with Crippen molar-refractivity contribution in [2.45, 2.75) is 12.1 Å². The summed E-state index contributed by atoms with van der Waals surface area (Å²) in [5.74, 6) is 1.43. The smallest absolute Gasteiger partial charge is 0.273 e. The molecule has 0 radical (unpaired) electrons. The van der Waals surface area contributed by atoms with Crippen LogP contribution in [0.15, 0.2) is 83.4 Å². The van der Waals surface area contributed by atoms with Gasteiger partial charge in [-0.3, -0.25) is 15.1 Å². The first-order chi connectivity index (χ1) is 17.0. The van der Waals surface area contributed by atoms with Crippen LogP contribution in [0.4, 0.5) is 11.4 Å². The molecule has 0 unspecified atom stereocenters. The number of methoxy groups -OCH3 is 1. The molecule has 3 heterocycles. The van der Waals surface area contributed by atoms with Gasteiger partial charge in [-0.15, -0.1) is 0 Å². The number of furan rings is 1. The number of nitro benzene ring substituents is 1. The second-order valence-corrected chi connectivity index (χ2v) is 8.22. The third-order valence-corrected chi connectivity index (χ3v) is 6.13. The molecule has 1 aliphatic heterocycles. The summed E-state index contributed by atoms with van der Waals surface area (Å²) in [6.45, 7) is 0. The number of aromatic nitrogens is 1. The number of rotatable bonds is 6. The SMILES string of the molecule is COc1cc([N+](=O)[O-])ccc1-c1ccc([C@H]2[C@@H](c3ccccn3)NC(=S)N2c2ccccc2O)o1. The Labute approximate surface area is 205 Å². The zero-order valence-electron chi connectivity index (χ0n) is 18.5. The number of hydrogen-bond acceptors (Lipinski definition) is 7. The number of aromatic hydroxyl groups is 1. The van der Waals surface area contributed by atoms with E-state index in [1.165, 1.54) is 19.2 Å². The van der Waals surface area contributed by atoms with E-state index in [0.717, 1.165) is 5.69 Å². The molecule has 0 amide bonds. The van der Waals surface area contributed by atoms with Crippen molar-refractivity contribution in [3.05, 3.63) is 101 Å². The molecule has 176 valence electrons. The molecule has 9 nitrogen and oxygen atoms in total. The highest BCUT2D eigenvalue weighted by molar-refractivity contribution is 7.80. The number of non-ortho nitro benzene ring substituents is 1. The highest BCUT2D eigenvalue weighted by Gasteiger charge is 2.43. The standard InChI is InChI=1S/C25H20N4O5S/c1-33-22-14-15(29(31)32)9-10-16(22)20-11-12-21(34-20)24-23(17-6-4-5-13-26-17)27-25(35)28(24)18-7-2-3-8-19(18)30/h2-14,23-24,30H,1H3,(H,27,35)/t23-,24+/m1/s1. The van der Waals surface area contributed by atoms with Crippen molar-refractivity contribution in [3.8, 4) is 22.8 Å². The van der Waals surface area contributed by atoms with E-state index in [-0.39, 0.29) is 17.5 Å². The van der Waals surface area contributed by atoms with E-state index in [4.69, 9.17) is 21.4 Å². The highest BCUT2D eigenvalue weighted by Crippen LogP contribution is 2.45. The number of nitro groups is 1. The van der Waals surface area contributed by atoms with Gasteiger partial charge in [0.05, 0.1) is 41.1 Å². The van der Waals surface area contributed by atoms with Crippen molar-refractivity contribution in [3.63, 3.8) is 0 Å². The number of nitrogens with zero attached hydrogens (tertiary/aromatic N) is 3. The summed E-state index contributed by atoms with van der Waals surface area (Å²) in [7, 11) is 1.45. The van der Waals surface area contributed by atoms with Gasteiger partial charge in [0.1, 0.15) is 29.1 Å². The molecule has 0 aliphatic carbocycles. The molecule has 10 heteroatoms. The second-order valence-electron chi connectivity index (χ2n) is 7.83. The fraction of sp³-hybridized carbons (Fsp3) is 0.120. The van der Waals surface area contributed by atoms with Gasteiger partial charge in [0.2, 0.25) is 0 Å². The third-order valence-electron chi connectivity index (χ3n) is 5.82. The van der Waals surface area contributed by atoms with Gasteiger partial charge in [-0.1, -0.05) is 18.2 Å². The molecule has 1 saturated heterocycles. The summed E-state index contributed by atoms with van der Waals surface area (Å²) in [5, 5.41) is 25.5. The molecule has 4 aromatic rings. The molecule has 2 N–H and O–H groups in total. The first kappa shape index (κ1) is 22.4. The zero-order chi connectivity index (χ0) is 24.5. The minimum Gasteiger partial charge on any atom is -0.506 e. The molecule has 1 fully saturated rings. The Kier molecular flexibility index (Phi) is 5.79. The van der Waals surface area contributed by atoms with Crippen molar-refractivity contribution in [1.82, 2.24) is 10.3 Å². The summed E-state index contributed by atoms with van der Waals surface area (Å²) in [5.41, 5.74) is 1.77. The van der Waals surface area contributed by atoms with Crippen LogP contribution in [-0.4, -0.2) is 27.2 Å². The minimum absolute atomic E-state index is 0.0761. The molecule has 1 aliphatic rings.